The van der Waals surface area contributed by atoms with E-state index in [-0.39, 0.29) is 5.75 Å². The van der Waals surface area contributed by atoms with E-state index in [4.69, 9.17) is 0 Å². The fraction of sp³-hybridized carbons (Fsp3) is 0.143. The number of halogens is 8. The van der Waals surface area contributed by atoms with Crippen molar-refractivity contribution in [3.8, 4) is 5.75 Å². The zero-order valence-electron chi connectivity index (χ0n) is 11.0. The monoisotopic (exact) mass is 823 g/mol. The fourth-order valence-corrected chi connectivity index (χ4v) is 4.82. The van der Waals surface area contributed by atoms with Gasteiger partial charge in [0, 0.05) is 4.47 Å². The van der Waals surface area contributed by atoms with Gasteiger partial charge in [-0.3, -0.25) is 0 Å². The second-order valence-electron chi connectivity index (χ2n) is 4.16. The number of phenols is 1. The van der Waals surface area contributed by atoms with Crippen molar-refractivity contribution in [1.82, 2.24) is 0 Å². The van der Waals surface area contributed by atoms with Crippen molar-refractivity contribution < 1.29 is 5.11 Å². The van der Waals surface area contributed by atoms with Crippen molar-refractivity contribution in [2.45, 2.75) is 5.38 Å². The van der Waals surface area contributed by atoms with Crippen LogP contribution in [0.15, 0.2) is 55.9 Å². The number of hydrogen-bond acceptors (Lipinski definition) is 1. The summed E-state index contributed by atoms with van der Waals surface area (Å²) in [5.41, 5.74) is 1.11. The Morgan fingerprint density at radius 3 is 1.57 bits per heavy atom. The molecule has 126 valence electrons. The van der Waals surface area contributed by atoms with Gasteiger partial charge < -0.3 is 5.11 Å². The van der Waals surface area contributed by atoms with Crippen molar-refractivity contribution in [2.24, 2.45) is 0 Å². The summed E-state index contributed by atoms with van der Waals surface area (Å²) in [6.07, 6.45) is 0. The van der Waals surface area contributed by atoms with E-state index in [0.717, 1.165) is 10.0 Å². The van der Waals surface area contributed by atoms with E-state index < -0.39 is 5.38 Å². The minimum atomic E-state index is -0.429. The van der Waals surface area contributed by atoms with Crippen LogP contribution in [0.2, 0.25) is 0 Å². The lowest BCUT2D eigenvalue weighted by molar-refractivity contribution is 0.468. The van der Waals surface area contributed by atoms with Gasteiger partial charge in [-0.25, -0.2) is 0 Å². The zero-order chi connectivity index (χ0) is 17.8. The van der Waals surface area contributed by atoms with E-state index in [2.05, 4.69) is 127 Å². The second kappa shape index (κ2) is 9.85. The minimum Gasteiger partial charge on any atom is -0.506 e. The van der Waals surface area contributed by atoms with Gasteiger partial charge in [0.25, 0.3) is 0 Å². The molecular weight excluding hydrogens is 823 g/mol. The largest absolute Gasteiger partial charge is 0.506 e. The molecule has 0 saturated carbocycles. The molecule has 0 spiro atoms. The van der Waals surface area contributed by atoms with Crippen molar-refractivity contribution in [3.05, 3.63) is 61.4 Å². The molecule has 0 radical (unpaired) electrons. The highest BCUT2D eigenvalue weighted by molar-refractivity contribution is 9.41. The molecular formula is C14H8Br8O. The lowest BCUT2D eigenvalue weighted by Crippen LogP contribution is -2.25. The molecule has 0 atom stereocenters. The first-order chi connectivity index (χ1) is 10.5. The highest BCUT2D eigenvalue weighted by atomic mass is 80.0. The van der Waals surface area contributed by atoms with Gasteiger partial charge in [-0.15, -0.1) is 0 Å². The Bertz CT molecular complexity index is 629. The summed E-state index contributed by atoms with van der Waals surface area (Å²) in [5.74, 6) is 0.225. The van der Waals surface area contributed by atoms with Gasteiger partial charge in [-0.2, -0.15) is 0 Å². The Morgan fingerprint density at radius 2 is 1.17 bits per heavy atom. The number of benzene rings is 2. The van der Waals surface area contributed by atoms with Gasteiger partial charge in [-0.05, 0) is 49.6 Å². The molecule has 0 aliphatic heterocycles. The molecule has 1 N–H and O–H groups in total. The topological polar surface area (TPSA) is 20.2 Å². The summed E-state index contributed by atoms with van der Waals surface area (Å²) >= 11 is 27.3. The molecule has 0 aromatic heterocycles. The quantitative estimate of drug-likeness (QED) is 0.285. The maximum atomic E-state index is 9.22. The Balaban J connectivity index is 0.000000238. The maximum Gasteiger partial charge on any atom is 0.163 e. The van der Waals surface area contributed by atoms with Crippen LogP contribution in [0.25, 0.3) is 0 Å². The maximum absolute atomic E-state index is 9.22. The molecule has 0 unspecified atom stereocenters. The average molecular weight is 831 g/mol. The summed E-state index contributed by atoms with van der Waals surface area (Å²) in [7, 11) is 0. The standard InChI is InChI=1S/C8H5Br5.C6H3Br3O/c9-7(10,8(11,12)13)6-4-2-1-3-5-6;7-3-1-4(8)6(10)5(9)2-3/h1-5H;1-2,10H. The second-order valence-corrected chi connectivity index (χ2v) is 17.0. The molecule has 0 aliphatic carbocycles. The first-order valence-corrected chi connectivity index (χ1v) is 12.1. The van der Waals surface area contributed by atoms with E-state index in [1.54, 1.807) is 12.1 Å². The number of rotatable bonds is 1. The molecule has 9 heteroatoms. The predicted molar refractivity (Wildman–Crippen MR) is 127 cm³/mol. The van der Waals surface area contributed by atoms with Gasteiger partial charge in [0.15, 0.2) is 2.14 Å². The highest BCUT2D eigenvalue weighted by Gasteiger charge is 2.44. The first-order valence-electron chi connectivity index (χ1n) is 5.80. The van der Waals surface area contributed by atoms with Gasteiger partial charge in [0.2, 0.25) is 0 Å². The molecule has 0 fully saturated rings. The number of phenolic OH excluding ortho intramolecular Hbond substituents is 1. The van der Waals surface area contributed by atoms with Crippen molar-refractivity contribution in [1.29, 1.82) is 0 Å². The fourth-order valence-electron chi connectivity index (χ4n) is 1.35. The SMILES string of the molecule is BrC(Br)(Br)C(Br)(Br)c1ccccc1.Oc1c(Br)cc(Br)cc1Br. The molecule has 0 aliphatic rings. The Labute approximate surface area is 202 Å². The third-order valence-electron chi connectivity index (χ3n) is 2.47. The van der Waals surface area contributed by atoms with Crippen LogP contribution < -0.4 is 0 Å². The average Bonchev–Trinajstić information content (AvgIpc) is 2.45. The lowest BCUT2D eigenvalue weighted by atomic mass is 10.2. The van der Waals surface area contributed by atoms with E-state index in [0.29, 0.717) is 8.95 Å². The Hall–Kier alpha value is 2.08. The molecule has 2 aromatic carbocycles. The van der Waals surface area contributed by atoms with E-state index >= 15 is 0 Å². The normalized spacial score (nSPS) is 11.7. The number of aromatic hydroxyl groups is 1. The van der Waals surface area contributed by atoms with Gasteiger partial charge in [0.05, 0.1) is 8.95 Å². The molecule has 0 heterocycles. The van der Waals surface area contributed by atoms with Crippen molar-refractivity contribution in [3.63, 3.8) is 0 Å². The molecule has 0 amide bonds. The van der Waals surface area contributed by atoms with Crippen LogP contribution in [-0.4, -0.2) is 7.25 Å². The molecule has 2 aromatic rings. The van der Waals surface area contributed by atoms with Crippen LogP contribution in [0, 0.1) is 0 Å². The zero-order valence-corrected chi connectivity index (χ0v) is 23.7. The van der Waals surface area contributed by atoms with Crippen molar-refractivity contribution in [2.75, 3.05) is 0 Å². The lowest BCUT2D eigenvalue weighted by Gasteiger charge is -2.29. The summed E-state index contributed by atoms with van der Waals surface area (Å²) in [5, 5.41) is 9.22. The summed E-state index contributed by atoms with van der Waals surface area (Å²) < 4.78 is 1.45. The Morgan fingerprint density at radius 1 is 0.739 bits per heavy atom. The first kappa shape index (κ1) is 23.1. The highest BCUT2D eigenvalue weighted by Crippen LogP contribution is 2.58. The van der Waals surface area contributed by atoms with Crippen LogP contribution in [-0.2, 0) is 3.23 Å². The minimum absolute atomic E-state index is 0.225. The summed E-state index contributed by atoms with van der Waals surface area (Å²) in [4.78, 5) is 0. The van der Waals surface area contributed by atoms with Crippen LogP contribution in [0.3, 0.4) is 0 Å². The Kier molecular flexibility index (Phi) is 9.90. The van der Waals surface area contributed by atoms with Crippen LogP contribution >= 0.6 is 127 Å². The molecule has 0 saturated heterocycles. The summed E-state index contributed by atoms with van der Waals surface area (Å²) in [6, 6.07) is 13.6. The smallest absolute Gasteiger partial charge is 0.163 e. The van der Waals surface area contributed by atoms with Crippen molar-refractivity contribution >= 4 is 127 Å². The number of hydrogen-bond donors (Lipinski definition) is 1. The predicted octanol–water partition coefficient (Wildman–Crippen LogP) is 9.15. The van der Waals surface area contributed by atoms with Crippen LogP contribution in [0.4, 0.5) is 0 Å². The third kappa shape index (κ3) is 6.96. The van der Waals surface area contributed by atoms with Crippen LogP contribution in [0.1, 0.15) is 5.56 Å². The van der Waals surface area contributed by atoms with E-state index in [1.807, 2.05) is 30.3 Å². The van der Waals surface area contributed by atoms with Gasteiger partial charge in [-0.1, -0.05) is 126 Å². The molecule has 1 nitrogen and oxygen atoms in total. The molecule has 2 rings (SSSR count). The van der Waals surface area contributed by atoms with E-state index in [1.165, 1.54) is 0 Å². The van der Waals surface area contributed by atoms with Gasteiger partial charge in [0.1, 0.15) is 8.98 Å². The van der Waals surface area contributed by atoms with Gasteiger partial charge >= 0.3 is 0 Å². The third-order valence-corrected chi connectivity index (χ3v) is 11.2. The van der Waals surface area contributed by atoms with E-state index in [9.17, 15) is 5.11 Å². The number of alkyl halides is 5. The molecule has 0 bridgehead atoms. The summed E-state index contributed by atoms with van der Waals surface area (Å²) in [6.45, 7) is 0. The molecule has 23 heavy (non-hydrogen) atoms. The van der Waals surface area contributed by atoms with Crippen LogP contribution in [0.5, 0.6) is 5.75 Å².